The highest BCUT2D eigenvalue weighted by atomic mass is 35.5. The molecule has 0 spiro atoms. The molecule has 0 saturated heterocycles. The zero-order valence-electron chi connectivity index (χ0n) is 16.2. The number of nitrogens with zero attached hydrogens (tertiary/aromatic N) is 1. The number of hydrogen-bond acceptors (Lipinski definition) is 3. The summed E-state index contributed by atoms with van der Waals surface area (Å²) in [4.78, 5) is 12.7. The number of anilines is 1. The third-order valence-electron chi connectivity index (χ3n) is 5.22. The van der Waals surface area contributed by atoms with Gasteiger partial charge >= 0.3 is 0 Å². The highest BCUT2D eigenvalue weighted by Crippen LogP contribution is 2.30. The van der Waals surface area contributed by atoms with Crippen molar-refractivity contribution in [3.63, 3.8) is 0 Å². The third kappa shape index (κ3) is 4.94. The maximum atomic E-state index is 13.1. The second-order valence-electron chi connectivity index (χ2n) is 7.08. The standard InChI is InChI=1S/C21H24Cl2N2O3S/c1-2-25(16-7-4-3-5-8-16)29(27,28)17-13-11-15(12-14-17)21(26)24-19-10-6-9-18(22)20(19)23/h6,9-14,16H,2-5,7-8H2,1H3,(H,24,26). The molecule has 1 fully saturated rings. The van der Waals surface area contributed by atoms with Crippen LogP contribution in [0.15, 0.2) is 47.4 Å². The summed E-state index contributed by atoms with van der Waals surface area (Å²) >= 11 is 12.1. The Labute approximate surface area is 182 Å². The molecule has 1 saturated carbocycles. The number of benzene rings is 2. The van der Waals surface area contributed by atoms with Crippen molar-refractivity contribution in [1.29, 1.82) is 0 Å². The lowest BCUT2D eigenvalue weighted by Crippen LogP contribution is -2.41. The van der Waals surface area contributed by atoms with Crippen LogP contribution in [0.5, 0.6) is 0 Å². The van der Waals surface area contributed by atoms with E-state index in [0.717, 1.165) is 32.1 Å². The van der Waals surface area contributed by atoms with Crippen LogP contribution < -0.4 is 5.32 Å². The highest BCUT2D eigenvalue weighted by Gasteiger charge is 2.31. The summed E-state index contributed by atoms with van der Waals surface area (Å²) in [5.41, 5.74) is 0.732. The van der Waals surface area contributed by atoms with Crippen LogP contribution in [0, 0.1) is 0 Å². The van der Waals surface area contributed by atoms with Crippen molar-refractivity contribution in [2.45, 2.75) is 50.0 Å². The number of sulfonamides is 1. The van der Waals surface area contributed by atoms with Crippen LogP contribution in [-0.4, -0.2) is 31.2 Å². The van der Waals surface area contributed by atoms with Crippen LogP contribution in [0.3, 0.4) is 0 Å². The van der Waals surface area contributed by atoms with Gasteiger partial charge < -0.3 is 5.32 Å². The molecular formula is C21H24Cl2N2O3S. The van der Waals surface area contributed by atoms with E-state index in [1.807, 2.05) is 6.92 Å². The second kappa shape index (κ2) is 9.47. The summed E-state index contributed by atoms with van der Waals surface area (Å²) in [5.74, 6) is -0.391. The molecule has 29 heavy (non-hydrogen) atoms. The summed E-state index contributed by atoms with van der Waals surface area (Å²) in [6.45, 7) is 2.30. The molecule has 2 aromatic rings. The SMILES string of the molecule is CCN(C1CCCCC1)S(=O)(=O)c1ccc(C(=O)Nc2cccc(Cl)c2Cl)cc1. The maximum Gasteiger partial charge on any atom is 0.255 e. The predicted molar refractivity (Wildman–Crippen MR) is 117 cm³/mol. The zero-order valence-corrected chi connectivity index (χ0v) is 18.5. The lowest BCUT2D eigenvalue weighted by atomic mass is 9.95. The molecule has 0 heterocycles. The largest absolute Gasteiger partial charge is 0.321 e. The molecule has 2 aromatic carbocycles. The molecule has 1 aliphatic rings. The minimum Gasteiger partial charge on any atom is -0.321 e. The smallest absolute Gasteiger partial charge is 0.255 e. The normalized spacial score (nSPS) is 15.4. The van der Waals surface area contributed by atoms with Gasteiger partial charge in [-0.05, 0) is 49.2 Å². The fourth-order valence-electron chi connectivity index (χ4n) is 3.70. The summed E-state index contributed by atoms with van der Waals surface area (Å²) < 4.78 is 27.8. The van der Waals surface area contributed by atoms with Crippen molar-refractivity contribution in [3.8, 4) is 0 Å². The molecule has 0 aliphatic heterocycles. The lowest BCUT2D eigenvalue weighted by molar-refractivity contribution is 0.102. The van der Waals surface area contributed by atoms with E-state index in [0.29, 0.717) is 22.8 Å². The van der Waals surface area contributed by atoms with E-state index in [9.17, 15) is 13.2 Å². The Kier molecular flexibility index (Phi) is 7.22. The molecule has 0 bridgehead atoms. The van der Waals surface area contributed by atoms with Crippen molar-refractivity contribution in [3.05, 3.63) is 58.1 Å². The first kappa shape index (κ1) is 22.1. The minimum absolute atomic E-state index is 0.0479. The van der Waals surface area contributed by atoms with E-state index in [4.69, 9.17) is 23.2 Å². The first-order chi connectivity index (χ1) is 13.8. The Morgan fingerprint density at radius 2 is 1.72 bits per heavy atom. The van der Waals surface area contributed by atoms with Gasteiger partial charge in [0.25, 0.3) is 5.91 Å². The maximum absolute atomic E-state index is 13.1. The Hall–Kier alpha value is -1.60. The van der Waals surface area contributed by atoms with E-state index >= 15 is 0 Å². The summed E-state index contributed by atoms with van der Waals surface area (Å²) in [5, 5.41) is 3.29. The Balaban J connectivity index is 1.77. The van der Waals surface area contributed by atoms with Crippen LogP contribution in [0.4, 0.5) is 5.69 Å². The van der Waals surface area contributed by atoms with E-state index in [1.54, 1.807) is 22.5 Å². The molecule has 0 unspecified atom stereocenters. The monoisotopic (exact) mass is 454 g/mol. The van der Waals surface area contributed by atoms with Gasteiger partial charge in [0.15, 0.2) is 0 Å². The van der Waals surface area contributed by atoms with Gasteiger partial charge in [0.1, 0.15) is 0 Å². The number of carbonyl (C=O) groups is 1. The first-order valence-corrected chi connectivity index (χ1v) is 11.9. The summed E-state index contributed by atoms with van der Waals surface area (Å²) in [6, 6.07) is 11.0. The quantitative estimate of drug-likeness (QED) is 0.618. The van der Waals surface area contributed by atoms with Crippen LogP contribution >= 0.6 is 23.2 Å². The topological polar surface area (TPSA) is 66.5 Å². The van der Waals surface area contributed by atoms with Gasteiger partial charge in [-0.1, -0.05) is 55.5 Å². The Morgan fingerprint density at radius 1 is 1.07 bits per heavy atom. The second-order valence-corrected chi connectivity index (χ2v) is 9.76. The lowest BCUT2D eigenvalue weighted by Gasteiger charge is -2.32. The van der Waals surface area contributed by atoms with Gasteiger partial charge in [0, 0.05) is 18.2 Å². The highest BCUT2D eigenvalue weighted by molar-refractivity contribution is 7.89. The van der Waals surface area contributed by atoms with Crippen LogP contribution in [0.2, 0.25) is 10.0 Å². The average molecular weight is 455 g/mol. The Morgan fingerprint density at radius 3 is 2.34 bits per heavy atom. The van der Waals surface area contributed by atoms with Crippen LogP contribution in [0.25, 0.3) is 0 Å². The van der Waals surface area contributed by atoms with Gasteiger partial charge in [-0.25, -0.2) is 8.42 Å². The van der Waals surface area contributed by atoms with Crippen molar-refractivity contribution in [1.82, 2.24) is 4.31 Å². The number of carbonyl (C=O) groups excluding carboxylic acids is 1. The van der Waals surface area contributed by atoms with Crippen molar-refractivity contribution >= 4 is 44.8 Å². The Bertz CT molecular complexity index is 972. The summed E-state index contributed by atoms with van der Waals surface area (Å²) in [7, 11) is -3.60. The summed E-state index contributed by atoms with van der Waals surface area (Å²) in [6.07, 6.45) is 5.07. The van der Waals surface area contributed by atoms with Gasteiger partial charge in [-0.15, -0.1) is 0 Å². The van der Waals surface area contributed by atoms with E-state index in [1.165, 1.54) is 24.3 Å². The number of hydrogen-bond donors (Lipinski definition) is 1. The fourth-order valence-corrected chi connectivity index (χ4v) is 5.74. The van der Waals surface area contributed by atoms with Gasteiger partial charge in [0.2, 0.25) is 10.0 Å². The van der Waals surface area contributed by atoms with Gasteiger partial charge in [0.05, 0.1) is 20.6 Å². The molecule has 0 atom stereocenters. The number of nitrogens with one attached hydrogen (secondary N) is 1. The molecule has 0 aromatic heterocycles. The minimum atomic E-state index is -3.60. The molecule has 5 nitrogen and oxygen atoms in total. The molecule has 1 amide bonds. The van der Waals surface area contributed by atoms with Gasteiger partial charge in [-0.2, -0.15) is 4.31 Å². The van der Waals surface area contributed by atoms with Gasteiger partial charge in [-0.3, -0.25) is 4.79 Å². The molecule has 1 aliphatic carbocycles. The molecule has 1 N–H and O–H groups in total. The van der Waals surface area contributed by atoms with Crippen molar-refractivity contribution in [2.24, 2.45) is 0 Å². The number of rotatable bonds is 6. The van der Waals surface area contributed by atoms with E-state index < -0.39 is 15.9 Å². The molecule has 156 valence electrons. The van der Waals surface area contributed by atoms with Crippen LogP contribution in [-0.2, 0) is 10.0 Å². The van der Waals surface area contributed by atoms with Crippen molar-refractivity contribution < 1.29 is 13.2 Å². The molecule has 0 radical (unpaired) electrons. The third-order valence-corrected chi connectivity index (χ3v) is 8.08. The predicted octanol–water partition coefficient (Wildman–Crippen LogP) is 5.59. The number of amides is 1. The molecular weight excluding hydrogens is 431 g/mol. The first-order valence-electron chi connectivity index (χ1n) is 9.72. The van der Waals surface area contributed by atoms with E-state index in [-0.39, 0.29) is 16.0 Å². The molecule has 3 rings (SSSR count). The zero-order chi connectivity index (χ0) is 21.0. The fraction of sp³-hybridized carbons (Fsp3) is 0.381. The van der Waals surface area contributed by atoms with Crippen LogP contribution in [0.1, 0.15) is 49.4 Å². The molecule has 8 heteroatoms. The van der Waals surface area contributed by atoms with Crippen molar-refractivity contribution in [2.75, 3.05) is 11.9 Å². The number of halogens is 2. The van der Waals surface area contributed by atoms with E-state index in [2.05, 4.69) is 5.32 Å². The average Bonchev–Trinajstić information content (AvgIpc) is 2.72.